The van der Waals surface area contributed by atoms with Gasteiger partial charge in [0, 0.05) is 38.1 Å². The van der Waals surface area contributed by atoms with Gasteiger partial charge < -0.3 is 19.5 Å². The number of aliphatic hydroxyl groups is 1. The summed E-state index contributed by atoms with van der Waals surface area (Å²) in [5.74, 6) is 0.461. The summed E-state index contributed by atoms with van der Waals surface area (Å²) in [5.41, 5.74) is 4.09. The summed E-state index contributed by atoms with van der Waals surface area (Å²) in [4.78, 5) is 22.1. The highest BCUT2D eigenvalue weighted by Gasteiger charge is 2.56. The second kappa shape index (κ2) is 14.3. The first kappa shape index (κ1) is 33.3. The maximum absolute atomic E-state index is 15.0. The monoisotopic (exact) mass is 686 g/mol. The van der Waals surface area contributed by atoms with E-state index in [0.29, 0.717) is 30.2 Å². The zero-order chi connectivity index (χ0) is 34.6. The number of hydrogen-bond acceptors (Lipinski definition) is 7. The Labute approximate surface area is 292 Å². The predicted octanol–water partition coefficient (Wildman–Crippen LogP) is 6.43. The summed E-state index contributed by atoms with van der Waals surface area (Å²) in [6.07, 6.45) is 0.0213. The van der Waals surface area contributed by atoms with Crippen LogP contribution in [0, 0.1) is 0 Å². The van der Waals surface area contributed by atoms with Crippen molar-refractivity contribution in [2.24, 2.45) is 4.99 Å². The Hall–Kier alpha value is -5.25. The molecular formula is C41H38N2O6S. The van der Waals surface area contributed by atoms with E-state index in [-0.39, 0.29) is 42.7 Å². The second-order valence-electron chi connectivity index (χ2n) is 12.6. The van der Waals surface area contributed by atoms with Crippen LogP contribution < -0.4 is 4.74 Å². The topological polar surface area (TPSA) is 106 Å². The molecule has 0 aliphatic carbocycles. The van der Waals surface area contributed by atoms with Crippen LogP contribution in [-0.2, 0) is 32.3 Å². The van der Waals surface area contributed by atoms with Gasteiger partial charge in [-0.25, -0.2) is 13.4 Å². The maximum Gasteiger partial charge on any atom is 0.255 e. The molecule has 0 unspecified atom stereocenters. The molecule has 0 fully saturated rings. The number of sulfone groups is 1. The summed E-state index contributed by atoms with van der Waals surface area (Å²) < 4.78 is 39.3. The third kappa shape index (κ3) is 6.79. The van der Waals surface area contributed by atoms with Crippen LogP contribution in [0.3, 0.4) is 0 Å². The molecule has 0 bridgehead atoms. The van der Waals surface area contributed by atoms with Gasteiger partial charge in [0.25, 0.3) is 5.91 Å². The Morgan fingerprint density at radius 2 is 1.40 bits per heavy atom. The average molecular weight is 687 g/mol. The first-order valence-corrected chi connectivity index (χ1v) is 18.4. The van der Waals surface area contributed by atoms with Crippen LogP contribution in [0.4, 0.5) is 0 Å². The normalized spacial score (nSPS) is 18.7. The Morgan fingerprint density at radius 1 is 0.780 bits per heavy atom. The standard InChI is InChI=1S/C41H38N2O6S/c44-25-9-26-48-36-22-20-33(21-23-36)39-42-41(38(49-39)32-18-16-31(17-19-32)30-10-3-1-4-11-30)28-34-12-7-8-13-35(34)29-43(40(41)45)24-27-50(46,47)37-14-5-2-6-15-37/h1-8,10-23,38,44H,9,24-29H2/t38-,41-/m0/s1. The minimum atomic E-state index is -3.66. The van der Waals surface area contributed by atoms with Gasteiger partial charge >= 0.3 is 0 Å². The Kier molecular flexibility index (Phi) is 9.52. The number of carbonyl (C=O) groups is 1. The highest BCUT2D eigenvalue weighted by molar-refractivity contribution is 7.91. The zero-order valence-corrected chi connectivity index (χ0v) is 28.3. The van der Waals surface area contributed by atoms with E-state index in [9.17, 15) is 8.42 Å². The predicted molar refractivity (Wildman–Crippen MR) is 193 cm³/mol. The van der Waals surface area contributed by atoms with Crippen molar-refractivity contribution < 1.29 is 27.8 Å². The summed E-state index contributed by atoms with van der Waals surface area (Å²) >= 11 is 0. The fourth-order valence-electron chi connectivity index (χ4n) is 6.63. The van der Waals surface area contributed by atoms with E-state index in [0.717, 1.165) is 27.8 Å². The smallest absolute Gasteiger partial charge is 0.255 e. The highest BCUT2D eigenvalue weighted by Crippen LogP contribution is 2.45. The number of ether oxygens (including phenoxy) is 2. The minimum Gasteiger partial charge on any atom is -0.494 e. The number of benzene rings is 5. The average Bonchev–Trinajstić information content (AvgIpc) is 3.49. The molecule has 0 saturated heterocycles. The summed E-state index contributed by atoms with van der Waals surface area (Å²) in [6, 6.07) is 41.6. The van der Waals surface area contributed by atoms with Gasteiger partial charge in [0.05, 0.1) is 17.3 Å². The van der Waals surface area contributed by atoms with Crippen molar-refractivity contribution in [1.29, 1.82) is 0 Å². The van der Waals surface area contributed by atoms with Gasteiger partial charge in [-0.2, -0.15) is 0 Å². The lowest BCUT2D eigenvalue weighted by atomic mass is 9.81. The minimum absolute atomic E-state index is 0.00343. The Morgan fingerprint density at radius 3 is 2.10 bits per heavy atom. The molecule has 0 saturated carbocycles. The summed E-state index contributed by atoms with van der Waals surface area (Å²) in [7, 11) is -3.66. The van der Waals surface area contributed by atoms with Crippen LogP contribution in [0.1, 0.15) is 34.8 Å². The molecule has 50 heavy (non-hydrogen) atoms. The van der Waals surface area contributed by atoms with E-state index in [2.05, 4.69) is 0 Å². The number of aliphatic imine (C=N–C) groups is 1. The van der Waals surface area contributed by atoms with Crippen molar-refractivity contribution in [2.45, 2.75) is 35.9 Å². The fourth-order valence-corrected chi connectivity index (χ4v) is 7.90. The number of rotatable bonds is 11. The molecule has 1 N–H and O–H groups in total. The lowest BCUT2D eigenvalue weighted by molar-refractivity contribution is -0.139. The van der Waals surface area contributed by atoms with Gasteiger partial charge in [-0.05, 0) is 64.2 Å². The van der Waals surface area contributed by atoms with Crippen molar-refractivity contribution >= 4 is 21.6 Å². The molecule has 1 spiro atoms. The van der Waals surface area contributed by atoms with Gasteiger partial charge in [0.1, 0.15) is 5.75 Å². The molecule has 5 aromatic rings. The van der Waals surface area contributed by atoms with E-state index in [1.54, 1.807) is 35.2 Å². The number of carbonyl (C=O) groups excluding carboxylic acids is 1. The molecule has 9 heteroatoms. The van der Waals surface area contributed by atoms with Gasteiger partial charge in [0.2, 0.25) is 5.90 Å². The van der Waals surface area contributed by atoms with Crippen molar-refractivity contribution in [2.75, 3.05) is 25.5 Å². The number of amides is 1. The lowest BCUT2D eigenvalue weighted by Crippen LogP contribution is -2.50. The van der Waals surface area contributed by atoms with Gasteiger partial charge in [-0.1, -0.05) is 97.1 Å². The van der Waals surface area contributed by atoms with E-state index in [1.807, 2.05) is 103 Å². The van der Waals surface area contributed by atoms with Crippen LogP contribution >= 0.6 is 0 Å². The van der Waals surface area contributed by atoms with E-state index in [4.69, 9.17) is 19.6 Å². The van der Waals surface area contributed by atoms with Crippen molar-refractivity contribution in [3.05, 3.63) is 156 Å². The van der Waals surface area contributed by atoms with Crippen LogP contribution in [0.5, 0.6) is 5.75 Å². The van der Waals surface area contributed by atoms with Gasteiger partial charge in [0.15, 0.2) is 21.5 Å². The zero-order valence-electron chi connectivity index (χ0n) is 27.5. The van der Waals surface area contributed by atoms with Crippen molar-refractivity contribution in [3.8, 4) is 16.9 Å². The molecule has 2 atom stereocenters. The van der Waals surface area contributed by atoms with Crippen LogP contribution in [-0.4, -0.2) is 61.3 Å². The molecule has 7 rings (SSSR count). The van der Waals surface area contributed by atoms with Crippen LogP contribution in [0.2, 0.25) is 0 Å². The highest BCUT2D eigenvalue weighted by atomic mass is 32.2. The molecule has 0 aromatic heterocycles. The molecule has 254 valence electrons. The van der Waals surface area contributed by atoms with E-state index in [1.165, 1.54) is 0 Å². The quantitative estimate of drug-likeness (QED) is 0.161. The Bertz CT molecular complexity index is 2090. The molecule has 5 aromatic carbocycles. The molecule has 0 radical (unpaired) electrons. The van der Waals surface area contributed by atoms with Gasteiger partial charge in [-0.15, -0.1) is 0 Å². The largest absolute Gasteiger partial charge is 0.494 e. The van der Waals surface area contributed by atoms with Crippen molar-refractivity contribution in [1.82, 2.24) is 4.90 Å². The molecular weight excluding hydrogens is 649 g/mol. The third-order valence-corrected chi connectivity index (χ3v) is 11.0. The van der Waals surface area contributed by atoms with Gasteiger partial charge in [-0.3, -0.25) is 4.79 Å². The Balaban J connectivity index is 1.29. The number of hydrogen-bond donors (Lipinski definition) is 1. The third-order valence-electron chi connectivity index (χ3n) is 9.29. The first-order valence-electron chi connectivity index (χ1n) is 16.8. The maximum atomic E-state index is 15.0. The van der Waals surface area contributed by atoms with Crippen LogP contribution in [0.25, 0.3) is 11.1 Å². The van der Waals surface area contributed by atoms with E-state index < -0.39 is 21.5 Å². The van der Waals surface area contributed by atoms with Crippen LogP contribution in [0.15, 0.2) is 143 Å². The summed E-state index contributed by atoms with van der Waals surface area (Å²) in [6.45, 7) is 0.689. The fraction of sp³-hybridized carbons (Fsp3) is 0.220. The summed E-state index contributed by atoms with van der Waals surface area (Å²) in [5, 5.41) is 9.12. The van der Waals surface area contributed by atoms with Crippen molar-refractivity contribution in [3.63, 3.8) is 0 Å². The van der Waals surface area contributed by atoms with E-state index >= 15 is 4.79 Å². The lowest BCUT2D eigenvalue weighted by Gasteiger charge is -2.33. The second-order valence-corrected chi connectivity index (χ2v) is 14.7. The molecule has 1 amide bonds. The number of nitrogens with zero attached hydrogens (tertiary/aromatic N) is 2. The SMILES string of the molecule is O=C1N(CCS(=O)(=O)c2ccccc2)Cc2ccccc2C[C@@]12N=C(c1ccc(OCCCO)cc1)O[C@H]2c1ccc(-c2ccccc2)cc1. The molecule has 2 aliphatic rings. The molecule has 2 heterocycles. The molecule has 2 aliphatic heterocycles. The number of fused-ring (bicyclic) bond motifs is 1. The first-order chi connectivity index (χ1) is 24.4. The molecule has 8 nitrogen and oxygen atoms in total. The number of aliphatic hydroxyl groups excluding tert-OH is 1.